The summed E-state index contributed by atoms with van der Waals surface area (Å²) >= 11 is 0. The molecule has 0 aliphatic carbocycles. The minimum Gasteiger partial charge on any atom is -0.497 e. The topological polar surface area (TPSA) is 61.8 Å². The van der Waals surface area contributed by atoms with Crippen molar-refractivity contribution in [3.05, 3.63) is 29.6 Å². The summed E-state index contributed by atoms with van der Waals surface area (Å²) in [6, 6.07) is 4.26. The van der Waals surface area contributed by atoms with Crippen molar-refractivity contribution < 1.29 is 19.0 Å². The molecule has 122 valence electrons. The fourth-order valence-electron chi connectivity index (χ4n) is 2.86. The number of hydrogen-bond donors (Lipinski definition) is 2. The molecule has 1 aromatic rings. The smallest absolute Gasteiger partial charge is 0.317 e. The standard InChI is InChI=1S/C16H23FN2O3/c1-11(20)6-14-4-3-5-19(14)16(21)18-10-12-7-13(17)9-15(8-12)22-2/h7-9,11,14,20H,3-6,10H2,1-2H3,(H,18,21). The number of amides is 2. The Morgan fingerprint density at radius 3 is 3.00 bits per heavy atom. The number of carbonyl (C=O) groups excluding carboxylic acids is 1. The number of urea groups is 1. The maximum atomic E-state index is 13.4. The summed E-state index contributed by atoms with van der Waals surface area (Å²) in [6.45, 7) is 2.66. The van der Waals surface area contributed by atoms with Gasteiger partial charge in [0.25, 0.3) is 0 Å². The molecule has 0 aromatic heterocycles. The normalized spacial score (nSPS) is 19.1. The zero-order valence-electron chi connectivity index (χ0n) is 13.0. The number of halogens is 1. The van der Waals surface area contributed by atoms with E-state index in [1.807, 2.05) is 0 Å². The van der Waals surface area contributed by atoms with E-state index in [0.717, 1.165) is 12.8 Å². The minimum absolute atomic E-state index is 0.0713. The van der Waals surface area contributed by atoms with Crippen LogP contribution < -0.4 is 10.1 Å². The maximum Gasteiger partial charge on any atom is 0.317 e. The number of ether oxygens (including phenoxy) is 1. The summed E-state index contributed by atoms with van der Waals surface area (Å²) in [5.41, 5.74) is 0.650. The molecule has 2 unspecified atom stereocenters. The zero-order chi connectivity index (χ0) is 16.1. The highest BCUT2D eigenvalue weighted by Crippen LogP contribution is 2.22. The van der Waals surface area contributed by atoms with Gasteiger partial charge in [-0.25, -0.2) is 9.18 Å². The van der Waals surface area contributed by atoms with Crippen molar-refractivity contribution in [2.75, 3.05) is 13.7 Å². The molecule has 22 heavy (non-hydrogen) atoms. The first-order valence-corrected chi connectivity index (χ1v) is 7.55. The first-order valence-electron chi connectivity index (χ1n) is 7.55. The summed E-state index contributed by atoms with van der Waals surface area (Å²) in [5.74, 6) is 0.0363. The molecule has 1 fully saturated rings. The van der Waals surface area contributed by atoms with Crippen molar-refractivity contribution in [3.8, 4) is 5.75 Å². The summed E-state index contributed by atoms with van der Waals surface area (Å²) in [5, 5.41) is 12.3. The van der Waals surface area contributed by atoms with Crippen LogP contribution >= 0.6 is 0 Å². The predicted octanol–water partition coefficient (Wildman–Crippen LogP) is 2.28. The Hall–Kier alpha value is -1.82. The lowest BCUT2D eigenvalue weighted by Crippen LogP contribution is -2.43. The second-order valence-electron chi connectivity index (χ2n) is 5.73. The van der Waals surface area contributed by atoms with E-state index in [1.54, 1.807) is 17.9 Å². The van der Waals surface area contributed by atoms with E-state index < -0.39 is 11.9 Å². The van der Waals surface area contributed by atoms with Crippen molar-refractivity contribution in [1.29, 1.82) is 0 Å². The number of methoxy groups -OCH3 is 1. The molecule has 2 amide bonds. The van der Waals surface area contributed by atoms with Gasteiger partial charge in [0.1, 0.15) is 11.6 Å². The van der Waals surface area contributed by atoms with Crippen LogP contribution in [0.25, 0.3) is 0 Å². The number of carbonyl (C=O) groups is 1. The molecule has 0 spiro atoms. The molecule has 1 saturated heterocycles. The van der Waals surface area contributed by atoms with Gasteiger partial charge in [0.15, 0.2) is 0 Å². The summed E-state index contributed by atoms with van der Waals surface area (Å²) < 4.78 is 18.4. The van der Waals surface area contributed by atoms with Gasteiger partial charge < -0.3 is 20.1 Å². The van der Waals surface area contributed by atoms with Crippen LogP contribution in [0.2, 0.25) is 0 Å². The van der Waals surface area contributed by atoms with Crippen LogP contribution in [0.4, 0.5) is 9.18 Å². The Morgan fingerprint density at radius 2 is 2.32 bits per heavy atom. The molecular formula is C16H23FN2O3. The SMILES string of the molecule is COc1cc(F)cc(CNC(=O)N2CCCC2CC(C)O)c1. The van der Waals surface area contributed by atoms with Crippen molar-refractivity contribution in [2.45, 2.75) is 44.9 Å². The first kappa shape index (κ1) is 16.5. The molecule has 6 heteroatoms. The number of likely N-dealkylation sites (tertiary alicyclic amines) is 1. The third kappa shape index (κ3) is 4.34. The molecule has 5 nitrogen and oxygen atoms in total. The van der Waals surface area contributed by atoms with Gasteiger partial charge in [0.05, 0.1) is 13.2 Å². The Bertz CT molecular complexity index is 522. The van der Waals surface area contributed by atoms with Crippen molar-refractivity contribution in [3.63, 3.8) is 0 Å². The van der Waals surface area contributed by atoms with E-state index in [-0.39, 0.29) is 18.6 Å². The van der Waals surface area contributed by atoms with Crippen molar-refractivity contribution >= 4 is 6.03 Å². The number of nitrogens with zero attached hydrogens (tertiary/aromatic N) is 1. The van der Waals surface area contributed by atoms with E-state index in [1.165, 1.54) is 19.2 Å². The second-order valence-corrected chi connectivity index (χ2v) is 5.73. The molecule has 2 N–H and O–H groups in total. The average Bonchev–Trinajstić information content (AvgIpc) is 2.91. The Kier molecular flexibility index (Phi) is 5.60. The third-order valence-electron chi connectivity index (χ3n) is 3.86. The second kappa shape index (κ2) is 7.45. The zero-order valence-corrected chi connectivity index (χ0v) is 13.0. The van der Waals surface area contributed by atoms with Gasteiger partial charge in [-0.15, -0.1) is 0 Å². The maximum absolute atomic E-state index is 13.4. The van der Waals surface area contributed by atoms with Crippen LogP contribution in [0.3, 0.4) is 0 Å². The Morgan fingerprint density at radius 1 is 1.55 bits per heavy atom. The molecule has 0 saturated carbocycles. The van der Waals surface area contributed by atoms with E-state index in [2.05, 4.69) is 5.32 Å². The lowest BCUT2D eigenvalue weighted by Gasteiger charge is -2.26. The molecule has 1 aromatic carbocycles. The van der Waals surface area contributed by atoms with Crippen LogP contribution in [0.5, 0.6) is 5.75 Å². The number of rotatable bonds is 5. The average molecular weight is 310 g/mol. The van der Waals surface area contributed by atoms with Crippen LogP contribution in [0, 0.1) is 5.82 Å². The molecule has 2 atom stereocenters. The van der Waals surface area contributed by atoms with Gasteiger partial charge in [0, 0.05) is 25.2 Å². The lowest BCUT2D eigenvalue weighted by molar-refractivity contribution is 0.138. The Labute approximate surface area is 130 Å². The first-order chi connectivity index (χ1) is 10.5. The number of nitrogens with one attached hydrogen (secondary N) is 1. The molecule has 2 rings (SSSR count). The highest BCUT2D eigenvalue weighted by Gasteiger charge is 2.29. The summed E-state index contributed by atoms with van der Waals surface area (Å²) in [7, 11) is 1.47. The highest BCUT2D eigenvalue weighted by molar-refractivity contribution is 5.74. The van der Waals surface area contributed by atoms with Gasteiger partial charge >= 0.3 is 6.03 Å². The number of aliphatic hydroxyl groups excluding tert-OH is 1. The number of benzene rings is 1. The van der Waals surface area contributed by atoms with E-state index in [4.69, 9.17) is 4.74 Å². The van der Waals surface area contributed by atoms with Crippen LogP contribution in [0.15, 0.2) is 18.2 Å². The number of hydrogen-bond acceptors (Lipinski definition) is 3. The fraction of sp³-hybridized carbons (Fsp3) is 0.562. The molecular weight excluding hydrogens is 287 g/mol. The van der Waals surface area contributed by atoms with Gasteiger partial charge in [-0.05, 0) is 43.9 Å². The van der Waals surface area contributed by atoms with Crippen LogP contribution in [0.1, 0.15) is 31.7 Å². The molecule has 1 heterocycles. The lowest BCUT2D eigenvalue weighted by atomic mass is 10.1. The summed E-state index contributed by atoms with van der Waals surface area (Å²) in [4.78, 5) is 14.0. The monoisotopic (exact) mass is 310 g/mol. The van der Waals surface area contributed by atoms with Gasteiger partial charge in [0.2, 0.25) is 0 Å². The number of aliphatic hydroxyl groups is 1. The van der Waals surface area contributed by atoms with Gasteiger partial charge in [-0.3, -0.25) is 0 Å². The van der Waals surface area contributed by atoms with E-state index in [9.17, 15) is 14.3 Å². The summed E-state index contributed by atoms with van der Waals surface area (Å²) in [6.07, 6.45) is 2.01. The third-order valence-corrected chi connectivity index (χ3v) is 3.86. The molecule has 1 aliphatic rings. The van der Waals surface area contributed by atoms with Crippen LogP contribution in [-0.4, -0.2) is 41.8 Å². The van der Waals surface area contributed by atoms with Gasteiger partial charge in [-0.1, -0.05) is 0 Å². The largest absolute Gasteiger partial charge is 0.497 e. The Balaban J connectivity index is 1.93. The molecule has 0 bridgehead atoms. The fourth-order valence-corrected chi connectivity index (χ4v) is 2.86. The molecule has 0 radical (unpaired) electrons. The van der Waals surface area contributed by atoms with E-state index >= 15 is 0 Å². The minimum atomic E-state index is -0.425. The highest BCUT2D eigenvalue weighted by atomic mass is 19.1. The van der Waals surface area contributed by atoms with Crippen LogP contribution in [-0.2, 0) is 6.54 Å². The van der Waals surface area contributed by atoms with Crippen molar-refractivity contribution in [2.24, 2.45) is 0 Å². The quantitative estimate of drug-likeness (QED) is 0.877. The molecule has 1 aliphatic heterocycles. The van der Waals surface area contributed by atoms with E-state index in [0.29, 0.717) is 24.3 Å². The predicted molar refractivity (Wildman–Crippen MR) is 81.2 cm³/mol. The van der Waals surface area contributed by atoms with Gasteiger partial charge in [-0.2, -0.15) is 0 Å². The van der Waals surface area contributed by atoms with Crippen molar-refractivity contribution in [1.82, 2.24) is 10.2 Å².